The van der Waals surface area contributed by atoms with Gasteiger partial charge in [0.15, 0.2) is 10.9 Å². The lowest BCUT2D eigenvalue weighted by Gasteiger charge is -2.31. The number of rotatable bonds is 8. The maximum Gasteiger partial charge on any atom is 0.418 e. The zero-order chi connectivity index (χ0) is 29.2. The van der Waals surface area contributed by atoms with E-state index in [1.54, 1.807) is 18.2 Å². The molecule has 2 aliphatic carbocycles. The van der Waals surface area contributed by atoms with Crippen molar-refractivity contribution in [2.24, 2.45) is 23.5 Å². The lowest BCUT2D eigenvalue weighted by molar-refractivity contribution is -0.136. The number of aromatic nitrogens is 1. The molecular weight excluding hydrogens is 598 g/mol. The fourth-order valence-electron chi connectivity index (χ4n) is 6.35. The maximum atomic E-state index is 13.7. The number of ketones is 1. The van der Waals surface area contributed by atoms with E-state index in [9.17, 15) is 27.9 Å². The largest absolute Gasteiger partial charge is 0.478 e. The Bertz CT molecular complexity index is 1580. The van der Waals surface area contributed by atoms with Gasteiger partial charge in [0.25, 0.3) is 0 Å². The fourth-order valence-corrected chi connectivity index (χ4v) is 8.06. The number of nitrogens with zero attached hydrogens (tertiary/aromatic N) is 2. The number of anilines is 1. The number of hydrogen-bond donors (Lipinski definition) is 2. The van der Waals surface area contributed by atoms with Gasteiger partial charge in [0.05, 0.1) is 31.4 Å². The van der Waals surface area contributed by atoms with Gasteiger partial charge in [0.2, 0.25) is 0 Å². The Morgan fingerprint density at radius 3 is 2.44 bits per heavy atom. The molecule has 3 fully saturated rings. The summed E-state index contributed by atoms with van der Waals surface area (Å²) in [6, 6.07) is 7.14. The molecule has 2 heterocycles. The molecule has 41 heavy (non-hydrogen) atoms. The van der Waals surface area contributed by atoms with Crippen LogP contribution in [0, 0.1) is 17.8 Å². The highest BCUT2D eigenvalue weighted by molar-refractivity contribution is 7.22. The highest BCUT2D eigenvalue weighted by atomic mass is 35.5. The molecule has 0 spiro atoms. The zero-order valence-electron chi connectivity index (χ0n) is 21.7. The van der Waals surface area contributed by atoms with Crippen LogP contribution in [0.1, 0.15) is 60.0 Å². The number of carbonyl (C=O) groups excluding carboxylic acids is 1. The summed E-state index contributed by atoms with van der Waals surface area (Å²) in [5.41, 5.74) is 6.26. The maximum absolute atomic E-state index is 13.7. The highest BCUT2D eigenvalue weighted by Crippen LogP contribution is 2.49. The average molecular weight is 625 g/mol. The van der Waals surface area contributed by atoms with Crippen LogP contribution in [0.3, 0.4) is 0 Å². The van der Waals surface area contributed by atoms with Crippen LogP contribution in [0.5, 0.6) is 0 Å². The third kappa shape index (κ3) is 5.30. The molecule has 2 saturated carbocycles. The van der Waals surface area contributed by atoms with Crippen molar-refractivity contribution in [2.75, 3.05) is 11.4 Å². The van der Waals surface area contributed by atoms with Crippen molar-refractivity contribution < 1.29 is 27.9 Å². The number of fused-ring (bicyclic) bond motifs is 3. The number of thiazole rings is 1. The minimum absolute atomic E-state index is 0.0115. The molecule has 0 radical (unpaired) electrons. The Hall–Kier alpha value is -2.82. The van der Waals surface area contributed by atoms with E-state index in [0.29, 0.717) is 62.9 Å². The van der Waals surface area contributed by atoms with Crippen LogP contribution < -0.4 is 10.6 Å². The Balaban J connectivity index is 1.21. The number of carbonyl (C=O) groups is 2. The molecular formula is C29H26Cl2F3N3O3S. The predicted octanol–water partition coefficient (Wildman–Crippen LogP) is 7.66. The smallest absolute Gasteiger partial charge is 0.418 e. The summed E-state index contributed by atoms with van der Waals surface area (Å²) in [6.45, 7) is 0.643. The minimum atomic E-state index is -4.72. The molecule has 1 saturated heterocycles. The number of piperidine rings is 1. The van der Waals surface area contributed by atoms with Gasteiger partial charge in [0, 0.05) is 35.3 Å². The van der Waals surface area contributed by atoms with Crippen LogP contribution in [0.25, 0.3) is 15.9 Å². The topological polar surface area (TPSA) is 96.5 Å². The number of allylic oxidation sites excluding steroid dienone is 1. The highest BCUT2D eigenvalue weighted by Gasteiger charge is 2.46. The molecule has 6 rings (SSSR count). The number of hydrogen-bond acceptors (Lipinski definition) is 6. The molecule has 12 heteroatoms. The van der Waals surface area contributed by atoms with Gasteiger partial charge in [-0.2, -0.15) is 13.2 Å². The van der Waals surface area contributed by atoms with Crippen LogP contribution in [0.2, 0.25) is 10.0 Å². The SMILES string of the molecule is NC(=C(CC[C@@H]1C[C@@H]2C[C@H]1CN2c1nc2c(C(F)(F)F)cc(C(=O)O)cc2s1)C(=O)C1CC1)c1c(Cl)cccc1Cl. The van der Waals surface area contributed by atoms with Gasteiger partial charge >= 0.3 is 12.1 Å². The first-order chi connectivity index (χ1) is 19.4. The molecule has 3 aromatic rings. The summed E-state index contributed by atoms with van der Waals surface area (Å²) in [6.07, 6.45) is -0.0544. The van der Waals surface area contributed by atoms with E-state index < -0.39 is 23.3 Å². The summed E-state index contributed by atoms with van der Waals surface area (Å²) >= 11 is 13.9. The number of carboxylic acid groups (broad SMARTS) is 1. The van der Waals surface area contributed by atoms with Crippen molar-refractivity contribution in [1.82, 2.24) is 4.98 Å². The number of nitrogens with two attached hydrogens (primary N) is 1. The van der Waals surface area contributed by atoms with Crippen LogP contribution in [-0.4, -0.2) is 34.4 Å². The van der Waals surface area contributed by atoms with Gasteiger partial charge in [-0.15, -0.1) is 0 Å². The Labute approximate surface area is 247 Å². The predicted molar refractivity (Wildman–Crippen MR) is 153 cm³/mol. The Kier molecular flexibility index (Phi) is 7.23. The summed E-state index contributed by atoms with van der Waals surface area (Å²) < 4.78 is 41.4. The van der Waals surface area contributed by atoms with E-state index in [1.807, 2.05) is 0 Å². The monoisotopic (exact) mass is 623 g/mol. The van der Waals surface area contributed by atoms with E-state index in [4.69, 9.17) is 28.9 Å². The number of aromatic carboxylic acids is 1. The number of carboxylic acids is 1. The number of halogens is 5. The molecule has 2 bridgehead atoms. The van der Waals surface area contributed by atoms with Gasteiger partial charge in [-0.25, -0.2) is 9.78 Å². The molecule has 0 unspecified atom stereocenters. The molecule has 6 nitrogen and oxygen atoms in total. The molecule has 3 atom stereocenters. The molecule has 0 amide bonds. The molecule has 1 aliphatic heterocycles. The first-order valence-electron chi connectivity index (χ1n) is 13.4. The summed E-state index contributed by atoms with van der Waals surface area (Å²) in [5.74, 6) is -0.749. The van der Waals surface area contributed by atoms with Crippen molar-refractivity contribution >= 4 is 67.3 Å². The first-order valence-corrected chi connectivity index (χ1v) is 15.0. The average Bonchev–Trinajstić information content (AvgIpc) is 3.36. The second kappa shape index (κ2) is 10.5. The minimum Gasteiger partial charge on any atom is -0.478 e. The lowest BCUT2D eigenvalue weighted by atomic mass is 9.86. The van der Waals surface area contributed by atoms with Crippen LogP contribution in [0.15, 0.2) is 35.9 Å². The van der Waals surface area contributed by atoms with Crippen LogP contribution >= 0.6 is 34.5 Å². The van der Waals surface area contributed by atoms with Gasteiger partial charge in [-0.05, 0) is 74.6 Å². The normalized spacial score (nSPS) is 22.9. The molecule has 2 aromatic carbocycles. The van der Waals surface area contributed by atoms with Crippen molar-refractivity contribution in [1.29, 1.82) is 0 Å². The van der Waals surface area contributed by atoms with Crippen LogP contribution in [0.4, 0.5) is 18.3 Å². The van der Waals surface area contributed by atoms with Crippen molar-refractivity contribution in [2.45, 2.75) is 50.7 Å². The van der Waals surface area contributed by atoms with E-state index >= 15 is 0 Å². The van der Waals surface area contributed by atoms with Crippen molar-refractivity contribution in [3.63, 3.8) is 0 Å². The third-order valence-corrected chi connectivity index (χ3v) is 10.2. The Morgan fingerprint density at radius 1 is 1.15 bits per heavy atom. The van der Waals surface area contributed by atoms with Gasteiger partial charge in [-0.1, -0.05) is 40.6 Å². The van der Waals surface area contributed by atoms with Gasteiger partial charge in [-0.3, -0.25) is 4.79 Å². The van der Waals surface area contributed by atoms with E-state index in [0.717, 1.165) is 43.4 Å². The van der Waals surface area contributed by atoms with Crippen LogP contribution in [-0.2, 0) is 11.0 Å². The Morgan fingerprint density at radius 2 is 1.85 bits per heavy atom. The quantitative estimate of drug-likeness (QED) is 0.250. The first kappa shape index (κ1) is 28.3. The third-order valence-electron chi connectivity index (χ3n) is 8.54. The standard InChI is InChI=1S/C29H26Cl2F3N3O3S/c30-20-2-1-3-21(31)23(20)24(35)18(26(38)13-4-5-13)7-6-14-8-17-9-16(14)12-37(17)28-36-25-19(29(32,33)34)10-15(27(39)40)11-22(25)41-28/h1-3,10-11,13-14,16-17H,4-9,12,35H2,(H,39,40)/t14-,16+,17-/m1/s1. The van der Waals surface area contributed by atoms with Gasteiger partial charge in [0.1, 0.15) is 0 Å². The lowest BCUT2D eigenvalue weighted by Crippen LogP contribution is -2.35. The fraction of sp³-hybridized carbons (Fsp3) is 0.414. The van der Waals surface area contributed by atoms with E-state index in [-0.39, 0.29) is 28.0 Å². The molecule has 216 valence electrons. The zero-order valence-corrected chi connectivity index (χ0v) is 24.0. The summed E-state index contributed by atoms with van der Waals surface area (Å²) in [5, 5.41) is 10.6. The number of Topliss-reactive ketones (excluding diaryl/α,β-unsaturated/α-hetero) is 1. The second-order valence-electron chi connectivity index (χ2n) is 11.1. The number of alkyl halides is 3. The summed E-state index contributed by atoms with van der Waals surface area (Å²) in [7, 11) is 0. The number of benzene rings is 2. The van der Waals surface area contributed by atoms with Crippen molar-refractivity contribution in [3.05, 3.63) is 62.6 Å². The molecule has 3 aliphatic rings. The molecule has 3 N–H and O–H groups in total. The van der Waals surface area contributed by atoms with E-state index in [1.165, 1.54) is 6.07 Å². The second-order valence-corrected chi connectivity index (χ2v) is 13.0. The van der Waals surface area contributed by atoms with Gasteiger partial charge < -0.3 is 15.7 Å². The summed E-state index contributed by atoms with van der Waals surface area (Å²) in [4.78, 5) is 31.1. The molecule has 1 aromatic heterocycles. The van der Waals surface area contributed by atoms with Crippen molar-refractivity contribution in [3.8, 4) is 0 Å². The van der Waals surface area contributed by atoms with E-state index in [2.05, 4.69) is 9.88 Å².